The van der Waals surface area contributed by atoms with Gasteiger partial charge >= 0.3 is 0 Å². The van der Waals surface area contributed by atoms with E-state index in [4.69, 9.17) is 15.3 Å². The summed E-state index contributed by atoms with van der Waals surface area (Å²) in [5.41, 5.74) is 4.79. The maximum atomic E-state index is 8.63. The van der Waals surface area contributed by atoms with Crippen LogP contribution in [0.5, 0.6) is 5.75 Å². The summed E-state index contributed by atoms with van der Waals surface area (Å²) in [6, 6.07) is 65.4. The van der Waals surface area contributed by atoms with Crippen molar-refractivity contribution in [1.29, 1.82) is 0 Å². The molecule has 0 aliphatic carbocycles. The first-order valence-electron chi connectivity index (χ1n) is 16.2. The van der Waals surface area contributed by atoms with E-state index in [-0.39, 0.29) is 21.1 Å². The monoisotopic (exact) mass is 830 g/mol. The van der Waals surface area contributed by atoms with Gasteiger partial charge in [-0.15, -0.1) is 11.1 Å². The van der Waals surface area contributed by atoms with E-state index in [0.717, 1.165) is 33.4 Å². The third-order valence-corrected chi connectivity index (χ3v) is 8.79. The van der Waals surface area contributed by atoms with E-state index >= 15 is 0 Å². The van der Waals surface area contributed by atoms with Crippen LogP contribution < -0.4 is 0 Å². The Bertz CT molecular complexity index is 1940. The molecule has 0 radical (unpaired) electrons. The Morgan fingerprint density at radius 3 is 0.980 bits per heavy atom. The molecule has 0 fully saturated rings. The molecule has 0 bridgehead atoms. The summed E-state index contributed by atoms with van der Waals surface area (Å²) in [5, 5.41) is 18.3. The molecule has 0 amide bonds. The van der Waals surface area contributed by atoms with Crippen LogP contribution in [0.3, 0.4) is 0 Å². The summed E-state index contributed by atoms with van der Waals surface area (Å²) < 4.78 is 4.10. The van der Waals surface area contributed by atoms with Crippen LogP contribution >= 0.6 is 0 Å². The molecule has 2 heterocycles. The van der Waals surface area contributed by atoms with Crippen molar-refractivity contribution in [2.24, 2.45) is 0 Å². The van der Waals surface area contributed by atoms with Crippen LogP contribution in [0.2, 0.25) is 0 Å². The second kappa shape index (κ2) is 15.6. The number of rotatable bonds is 8. The third-order valence-electron chi connectivity index (χ3n) is 8.79. The van der Waals surface area contributed by atoms with Gasteiger partial charge in [0.2, 0.25) is 0 Å². The van der Waals surface area contributed by atoms with Crippen LogP contribution in [0.25, 0.3) is 0 Å². The first-order chi connectivity index (χ1) is 24.2. The molecule has 6 aromatic carbocycles. The van der Waals surface area contributed by atoms with Crippen molar-refractivity contribution in [2.45, 2.75) is 11.1 Å². The molecule has 6 heteroatoms. The second-order valence-electron chi connectivity index (χ2n) is 11.6. The zero-order valence-corrected chi connectivity index (χ0v) is 29.5. The molecule has 248 valence electrons. The van der Waals surface area contributed by atoms with E-state index in [0.29, 0.717) is 5.75 Å². The van der Waals surface area contributed by atoms with Crippen molar-refractivity contribution in [3.05, 3.63) is 246 Å². The number of hydrogen-bond donors (Lipinski definition) is 1. The zero-order valence-electron chi connectivity index (χ0n) is 27.2. The fourth-order valence-corrected chi connectivity index (χ4v) is 6.70. The van der Waals surface area contributed by atoms with Gasteiger partial charge in [-0.1, -0.05) is 140 Å². The number of hydrogen-bond acceptors (Lipinski definition) is 3. The third kappa shape index (κ3) is 6.36. The zero-order chi connectivity index (χ0) is 33.4. The molecule has 0 unspecified atom stereocenters. The Balaban J connectivity index is 0.000000484. The van der Waals surface area contributed by atoms with Gasteiger partial charge in [0.25, 0.3) is 0 Å². The molecule has 50 heavy (non-hydrogen) atoms. The van der Waals surface area contributed by atoms with Crippen LogP contribution in [0.4, 0.5) is 0 Å². The van der Waals surface area contributed by atoms with E-state index in [1.54, 1.807) is 24.3 Å². The maximum Gasteiger partial charge on any atom is 0.115 e. The SMILES string of the molecule is Oc1ccccc1.[Pt].[c-]1c(C(c2ccccc2)(c2ccccc2)n2cccn2)cccc1C(c1ccccc1)(c1ccccc1)n1cccn1. The average molecular weight is 831 g/mol. The van der Waals surface area contributed by atoms with Crippen molar-refractivity contribution in [2.75, 3.05) is 0 Å². The van der Waals surface area contributed by atoms with E-state index < -0.39 is 11.1 Å². The first kappa shape index (κ1) is 34.1. The summed E-state index contributed by atoms with van der Waals surface area (Å²) in [4.78, 5) is 0. The van der Waals surface area contributed by atoms with Gasteiger partial charge < -0.3 is 5.11 Å². The van der Waals surface area contributed by atoms with E-state index in [9.17, 15) is 0 Å². The molecular formula is C44H35N4OPt-. The van der Waals surface area contributed by atoms with Gasteiger partial charge in [-0.05, 0) is 46.5 Å². The molecule has 8 aromatic rings. The van der Waals surface area contributed by atoms with Crippen LogP contribution in [0.15, 0.2) is 207 Å². The summed E-state index contributed by atoms with van der Waals surface area (Å²) in [7, 11) is 0. The van der Waals surface area contributed by atoms with Crippen molar-refractivity contribution < 1.29 is 26.2 Å². The van der Waals surface area contributed by atoms with Gasteiger partial charge in [0.15, 0.2) is 0 Å². The quantitative estimate of drug-likeness (QED) is 0.123. The first-order valence-corrected chi connectivity index (χ1v) is 16.2. The van der Waals surface area contributed by atoms with Crippen molar-refractivity contribution >= 4 is 0 Å². The Morgan fingerprint density at radius 1 is 0.400 bits per heavy atom. The molecule has 0 aliphatic heterocycles. The summed E-state index contributed by atoms with van der Waals surface area (Å²) >= 11 is 0. The fraction of sp³-hybridized carbons (Fsp3) is 0.0455. The van der Waals surface area contributed by atoms with Crippen LogP contribution in [-0.2, 0) is 32.1 Å². The van der Waals surface area contributed by atoms with E-state index in [1.807, 2.05) is 52.4 Å². The van der Waals surface area contributed by atoms with Crippen molar-refractivity contribution in [3.63, 3.8) is 0 Å². The Kier molecular flexibility index (Phi) is 10.7. The van der Waals surface area contributed by atoms with Crippen molar-refractivity contribution in [3.8, 4) is 5.75 Å². The number of phenols is 1. The minimum Gasteiger partial charge on any atom is -0.508 e. The maximum absolute atomic E-state index is 8.63. The Labute approximate surface area is 307 Å². The van der Waals surface area contributed by atoms with Gasteiger partial charge in [-0.3, -0.25) is 9.36 Å². The number of aromatic nitrogens is 4. The minimum atomic E-state index is -0.773. The number of para-hydroxylation sites is 1. The molecule has 1 N–H and O–H groups in total. The fourth-order valence-electron chi connectivity index (χ4n) is 6.70. The predicted molar refractivity (Wildman–Crippen MR) is 194 cm³/mol. The minimum absolute atomic E-state index is 0. The molecular weight excluding hydrogens is 796 g/mol. The van der Waals surface area contributed by atoms with Crippen molar-refractivity contribution in [1.82, 2.24) is 19.6 Å². The molecule has 8 rings (SSSR count). The van der Waals surface area contributed by atoms with Crippen LogP contribution in [-0.4, -0.2) is 24.7 Å². The summed E-state index contributed by atoms with van der Waals surface area (Å²) in [6.07, 6.45) is 7.75. The summed E-state index contributed by atoms with van der Waals surface area (Å²) in [5.74, 6) is 0.322. The smallest absolute Gasteiger partial charge is 0.115 e. The Morgan fingerprint density at radius 2 is 0.720 bits per heavy atom. The van der Waals surface area contributed by atoms with Gasteiger partial charge in [0, 0.05) is 45.9 Å². The Hall–Kier alpha value is -5.77. The topological polar surface area (TPSA) is 55.9 Å². The van der Waals surface area contributed by atoms with E-state index in [2.05, 4.69) is 146 Å². The summed E-state index contributed by atoms with van der Waals surface area (Å²) in [6.45, 7) is 0. The van der Waals surface area contributed by atoms with Gasteiger partial charge in [0.1, 0.15) is 16.8 Å². The van der Waals surface area contributed by atoms with Gasteiger partial charge in [-0.2, -0.15) is 34.5 Å². The molecule has 0 atom stereocenters. The standard InChI is InChI=1S/C38H29N4.C6H6O.Pt/c1-5-16-31(17-6-1)37(41-28-14-26-39-41,32-18-7-2-8-19-32)35-24-13-25-36(30-35)38(42-29-15-27-40-42,33-20-9-3-10-21-33)34-22-11-4-12-23-34;7-6-4-2-1-3-5-6;/h1-29H;1-5,7H;/q-1;;. The molecule has 5 nitrogen and oxygen atoms in total. The van der Waals surface area contributed by atoms with Crippen LogP contribution in [0, 0.1) is 6.07 Å². The molecule has 0 saturated carbocycles. The molecule has 0 aliphatic rings. The second-order valence-corrected chi connectivity index (χ2v) is 11.6. The largest absolute Gasteiger partial charge is 0.508 e. The normalized spacial score (nSPS) is 11.1. The predicted octanol–water partition coefficient (Wildman–Crippen LogP) is 8.95. The number of aromatic hydroxyl groups is 1. The number of phenolic OH excluding ortho intramolecular Hbond substituents is 1. The molecule has 0 spiro atoms. The molecule has 2 aromatic heterocycles. The van der Waals surface area contributed by atoms with Crippen LogP contribution in [0.1, 0.15) is 33.4 Å². The van der Waals surface area contributed by atoms with Gasteiger partial charge in [0.05, 0.1) is 0 Å². The number of nitrogens with zero attached hydrogens (tertiary/aromatic N) is 4. The number of benzene rings is 6. The molecule has 0 saturated heterocycles. The average Bonchev–Trinajstić information content (AvgIpc) is 3.92. The van der Waals surface area contributed by atoms with Gasteiger partial charge in [-0.25, -0.2) is 0 Å². The van der Waals surface area contributed by atoms with E-state index in [1.165, 1.54) is 0 Å².